The molecule has 1 fully saturated rings. The Hall–Kier alpha value is -2.76. The molecule has 118 valence electrons. The summed E-state index contributed by atoms with van der Waals surface area (Å²) in [6.45, 7) is 2.22. The molecule has 6 heteroatoms. The van der Waals surface area contributed by atoms with Gasteiger partial charge in [0.2, 0.25) is 5.91 Å². The number of hydrogen-bond acceptors (Lipinski definition) is 4. The van der Waals surface area contributed by atoms with Crippen molar-refractivity contribution in [1.82, 2.24) is 20.0 Å². The van der Waals surface area contributed by atoms with Gasteiger partial charge in [0.05, 0.1) is 24.4 Å². The number of aromatic nitrogens is 2. The van der Waals surface area contributed by atoms with Gasteiger partial charge in [-0.1, -0.05) is 30.3 Å². The molecule has 1 aromatic heterocycles. The summed E-state index contributed by atoms with van der Waals surface area (Å²) < 4.78 is 0. The Balaban J connectivity index is 1.54. The molecule has 2 amide bonds. The van der Waals surface area contributed by atoms with Crippen molar-refractivity contribution >= 4 is 11.8 Å². The second-order valence-electron chi connectivity index (χ2n) is 5.47. The maximum Gasteiger partial charge on any atom is 0.255 e. The molecule has 0 spiro atoms. The third-order valence-corrected chi connectivity index (χ3v) is 3.95. The first-order chi connectivity index (χ1) is 11.2. The Morgan fingerprint density at radius 1 is 0.913 bits per heavy atom. The number of benzene rings is 1. The van der Waals surface area contributed by atoms with Crippen molar-refractivity contribution in [2.75, 3.05) is 26.2 Å². The molecule has 2 aromatic rings. The van der Waals surface area contributed by atoms with Gasteiger partial charge in [0.15, 0.2) is 0 Å². The minimum atomic E-state index is -0.0601. The molecule has 0 unspecified atom stereocenters. The van der Waals surface area contributed by atoms with Crippen molar-refractivity contribution in [3.05, 3.63) is 59.9 Å². The molecule has 0 aliphatic carbocycles. The van der Waals surface area contributed by atoms with Gasteiger partial charge in [-0.3, -0.25) is 9.59 Å². The van der Waals surface area contributed by atoms with Crippen LogP contribution in [0.2, 0.25) is 0 Å². The van der Waals surface area contributed by atoms with Crippen LogP contribution in [0.3, 0.4) is 0 Å². The molecule has 6 nitrogen and oxygen atoms in total. The highest BCUT2D eigenvalue weighted by Gasteiger charge is 2.24. The lowest BCUT2D eigenvalue weighted by Crippen LogP contribution is -2.51. The number of hydrogen-bond donors (Lipinski definition) is 0. The largest absolute Gasteiger partial charge is 0.339 e. The lowest BCUT2D eigenvalue weighted by atomic mass is 10.1. The van der Waals surface area contributed by atoms with Crippen molar-refractivity contribution < 1.29 is 9.59 Å². The third-order valence-electron chi connectivity index (χ3n) is 3.95. The zero-order valence-electron chi connectivity index (χ0n) is 12.8. The molecule has 0 bridgehead atoms. The quantitative estimate of drug-likeness (QED) is 0.848. The van der Waals surface area contributed by atoms with E-state index in [9.17, 15) is 9.59 Å². The van der Waals surface area contributed by atoms with Crippen molar-refractivity contribution in [1.29, 1.82) is 0 Å². The summed E-state index contributed by atoms with van der Waals surface area (Å²) in [7, 11) is 0. The van der Waals surface area contributed by atoms with Crippen LogP contribution in [-0.2, 0) is 11.2 Å². The monoisotopic (exact) mass is 310 g/mol. The summed E-state index contributed by atoms with van der Waals surface area (Å²) in [4.78, 5) is 28.2. The lowest BCUT2D eigenvalue weighted by molar-refractivity contribution is -0.131. The summed E-state index contributed by atoms with van der Waals surface area (Å²) in [5.74, 6) is 0.0453. The summed E-state index contributed by atoms with van der Waals surface area (Å²) in [5.41, 5.74) is 1.54. The number of rotatable bonds is 3. The molecule has 0 atom stereocenters. The minimum absolute atomic E-state index is 0.0601. The Labute approximate surface area is 134 Å². The van der Waals surface area contributed by atoms with E-state index in [1.54, 1.807) is 11.0 Å². The highest BCUT2D eigenvalue weighted by atomic mass is 16.2. The van der Waals surface area contributed by atoms with Crippen molar-refractivity contribution in [2.45, 2.75) is 6.42 Å². The van der Waals surface area contributed by atoms with Gasteiger partial charge in [0.25, 0.3) is 5.91 Å². The fraction of sp³-hybridized carbons (Fsp3) is 0.294. The minimum Gasteiger partial charge on any atom is -0.339 e. The zero-order chi connectivity index (χ0) is 16.1. The Bertz CT molecular complexity index is 668. The molecule has 0 saturated carbocycles. The van der Waals surface area contributed by atoms with Gasteiger partial charge in [-0.05, 0) is 11.6 Å². The topological polar surface area (TPSA) is 66.4 Å². The van der Waals surface area contributed by atoms with Crippen LogP contribution in [0.1, 0.15) is 15.9 Å². The summed E-state index contributed by atoms with van der Waals surface area (Å²) >= 11 is 0. The second-order valence-corrected chi connectivity index (χ2v) is 5.47. The van der Waals surface area contributed by atoms with Gasteiger partial charge < -0.3 is 9.80 Å². The molecular weight excluding hydrogens is 292 g/mol. The lowest BCUT2D eigenvalue weighted by Gasteiger charge is -2.34. The van der Waals surface area contributed by atoms with E-state index >= 15 is 0 Å². The van der Waals surface area contributed by atoms with Gasteiger partial charge in [0.1, 0.15) is 0 Å². The van der Waals surface area contributed by atoms with Crippen molar-refractivity contribution in [2.24, 2.45) is 0 Å². The van der Waals surface area contributed by atoms with E-state index in [1.165, 1.54) is 12.4 Å². The Kier molecular flexibility index (Phi) is 4.61. The first-order valence-electron chi connectivity index (χ1n) is 7.62. The van der Waals surface area contributed by atoms with E-state index in [2.05, 4.69) is 10.2 Å². The van der Waals surface area contributed by atoms with Gasteiger partial charge in [-0.15, -0.1) is 0 Å². The van der Waals surface area contributed by atoms with Crippen LogP contribution in [0.25, 0.3) is 0 Å². The second kappa shape index (κ2) is 7.00. The van der Waals surface area contributed by atoms with Crippen LogP contribution in [0.4, 0.5) is 0 Å². The Morgan fingerprint density at radius 3 is 2.26 bits per heavy atom. The normalized spacial score (nSPS) is 14.6. The fourth-order valence-electron chi connectivity index (χ4n) is 2.64. The van der Waals surface area contributed by atoms with E-state index in [-0.39, 0.29) is 11.8 Å². The zero-order valence-corrected chi connectivity index (χ0v) is 12.8. The average molecular weight is 310 g/mol. The molecule has 0 radical (unpaired) electrons. The van der Waals surface area contributed by atoms with Crippen LogP contribution in [0.15, 0.2) is 48.8 Å². The van der Waals surface area contributed by atoms with Crippen LogP contribution in [-0.4, -0.2) is 58.0 Å². The van der Waals surface area contributed by atoms with Gasteiger partial charge in [0, 0.05) is 26.2 Å². The molecule has 1 saturated heterocycles. The first-order valence-corrected chi connectivity index (χ1v) is 7.62. The molecule has 3 rings (SSSR count). The van der Waals surface area contributed by atoms with Gasteiger partial charge in [-0.2, -0.15) is 10.2 Å². The maximum atomic E-state index is 12.3. The highest BCUT2D eigenvalue weighted by Crippen LogP contribution is 2.10. The van der Waals surface area contributed by atoms with E-state index < -0.39 is 0 Å². The van der Waals surface area contributed by atoms with E-state index in [0.29, 0.717) is 38.2 Å². The SMILES string of the molecule is O=C(Cc1ccccc1)N1CCN(C(=O)c2ccnnc2)CC1. The van der Waals surface area contributed by atoms with Crippen LogP contribution >= 0.6 is 0 Å². The molecular formula is C17H18N4O2. The summed E-state index contributed by atoms with van der Waals surface area (Å²) in [6.07, 6.45) is 3.38. The van der Waals surface area contributed by atoms with Crippen molar-refractivity contribution in [3.63, 3.8) is 0 Å². The third kappa shape index (κ3) is 3.71. The molecule has 1 aromatic carbocycles. The van der Waals surface area contributed by atoms with Crippen LogP contribution in [0, 0.1) is 0 Å². The van der Waals surface area contributed by atoms with Gasteiger partial charge in [-0.25, -0.2) is 0 Å². The smallest absolute Gasteiger partial charge is 0.255 e. The number of carbonyl (C=O) groups excluding carboxylic acids is 2. The van der Waals surface area contributed by atoms with E-state index in [4.69, 9.17) is 0 Å². The predicted molar refractivity (Wildman–Crippen MR) is 84.7 cm³/mol. The number of carbonyl (C=O) groups is 2. The van der Waals surface area contributed by atoms with E-state index in [0.717, 1.165) is 5.56 Å². The van der Waals surface area contributed by atoms with Crippen molar-refractivity contribution in [3.8, 4) is 0 Å². The number of nitrogens with zero attached hydrogens (tertiary/aromatic N) is 4. The van der Waals surface area contributed by atoms with Crippen LogP contribution < -0.4 is 0 Å². The first kappa shape index (κ1) is 15.1. The molecule has 0 N–H and O–H groups in total. The predicted octanol–water partition coefficient (Wildman–Crippen LogP) is 1.00. The number of amides is 2. The van der Waals surface area contributed by atoms with Crippen LogP contribution in [0.5, 0.6) is 0 Å². The van der Waals surface area contributed by atoms with E-state index in [1.807, 2.05) is 35.2 Å². The average Bonchev–Trinajstić information content (AvgIpc) is 2.63. The molecule has 1 aliphatic rings. The van der Waals surface area contributed by atoms with Gasteiger partial charge >= 0.3 is 0 Å². The standard InChI is InChI=1S/C17H18N4O2/c22-16(12-14-4-2-1-3-5-14)20-8-10-21(11-9-20)17(23)15-6-7-18-19-13-15/h1-7,13H,8-12H2. The molecule has 2 heterocycles. The maximum absolute atomic E-state index is 12.3. The number of piperazine rings is 1. The molecule has 1 aliphatic heterocycles. The molecule has 23 heavy (non-hydrogen) atoms. The Morgan fingerprint density at radius 2 is 1.61 bits per heavy atom. The highest BCUT2D eigenvalue weighted by molar-refractivity contribution is 5.94. The fourth-order valence-corrected chi connectivity index (χ4v) is 2.64. The summed E-state index contributed by atoms with van der Waals surface area (Å²) in [5, 5.41) is 7.40. The summed E-state index contributed by atoms with van der Waals surface area (Å²) in [6, 6.07) is 11.4.